The highest BCUT2D eigenvalue weighted by Gasteiger charge is 2.30. The maximum absolute atomic E-state index is 10.7. The van der Waals surface area contributed by atoms with Crippen LogP contribution in [0.1, 0.15) is 30.9 Å². The number of nitrogens with one attached hydrogen (secondary N) is 1. The lowest BCUT2D eigenvalue weighted by Gasteiger charge is -2.39. The van der Waals surface area contributed by atoms with Gasteiger partial charge in [0.1, 0.15) is 0 Å². The van der Waals surface area contributed by atoms with Gasteiger partial charge in [-0.05, 0) is 38.0 Å². The van der Waals surface area contributed by atoms with E-state index in [1.165, 1.54) is 16.8 Å². The molecule has 0 atom stereocenters. The number of rotatable bonds is 4. The number of anilines is 1. The van der Waals surface area contributed by atoms with Gasteiger partial charge in [0.2, 0.25) is 0 Å². The Morgan fingerprint density at radius 1 is 1.18 bits per heavy atom. The number of piperazine rings is 1. The third-order valence-corrected chi connectivity index (χ3v) is 5.78. The first-order chi connectivity index (χ1) is 13.0. The largest absolute Gasteiger partial charge is 0.388 e. The second-order valence-electron chi connectivity index (χ2n) is 7.70. The van der Waals surface area contributed by atoms with Crippen molar-refractivity contribution in [2.75, 3.05) is 57.4 Å². The molecule has 0 aromatic heterocycles. The molecule has 3 rings (SSSR count). The molecule has 1 aromatic carbocycles. The fraction of sp³-hybridized carbons (Fsp3) is 0.667. The van der Waals surface area contributed by atoms with Crippen molar-refractivity contribution in [3.63, 3.8) is 0 Å². The molecule has 0 saturated carbocycles. The van der Waals surface area contributed by atoms with Crippen LogP contribution in [0.25, 0.3) is 0 Å². The Kier molecular flexibility index (Phi) is 8.82. The highest BCUT2D eigenvalue weighted by Crippen LogP contribution is 2.24. The van der Waals surface area contributed by atoms with Gasteiger partial charge in [-0.3, -0.25) is 4.99 Å². The van der Waals surface area contributed by atoms with Crippen molar-refractivity contribution in [3.8, 4) is 0 Å². The molecule has 28 heavy (non-hydrogen) atoms. The summed E-state index contributed by atoms with van der Waals surface area (Å²) in [6, 6.07) is 6.54. The smallest absolute Gasteiger partial charge is 0.194 e. The highest BCUT2D eigenvalue weighted by atomic mass is 127. The average molecular weight is 502 g/mol. The van der Waals surface area contributed by atoms with E-state index in [1.807, 2.05) is 0 Å². The Morgan fingerprint density at radius 2 is 1.86 bits per heavy atom. The Morgan fingerprint density at radius 3 is 2.50 bits per heavy atom. The van der Waals surface area contributed by atoms with Crippen LogP contribution in [-0.4, -0.2) is 74.0 Å². The molecular weight excluding hydrogens is 467 g/mol. The number of benzene rings is 1. The molecule has 2 heterocycles. The number of aliphatic hydroxyl groups is 1. The van der Waals surface area contributed by atoms with E-state index in [0.29, 0.717) is 32.6 Å². The SMILES string of the molecule is CCNC(=NCC1(O)CCOCC1)N1CCN(c2cccc(C)c2C)CC1.I. The Hall–Kier alpha value is -1.06. The second kappa shape index (κ2) is 10.6. The molecule has 2 aliphatic rings. The molecule has 2 aliphatic heterocycles. The second-order valence-corrected chi connectivity index (χ2v) is 7.70. The van der Waals surface area contributed by atoms with E-state index in [1.54, 1.807) is 0 Å². The van der Waals surface area contributed by atoms with Crippen LogP contribution in [0.2, 0.25) is 0 Å². The molecule has 0 bridgehead atoms. The number of halogens is 1. The summed E-state index contributed by atoms with van der Waals surface area (Å²) in [5.74, 6) is 0.915. The molecule has 0 unspecified atom stereocenters. The van der Waals surface area contributed by atoms with Gasteiger partial charge in [0.15, 0.2) is 5.96 Å². The molecule has 1 aromatic rings. The summed E-state index contributed by atoms with van der Waals surface area (Å²) >= 11 is 0. The fourth-order valence-corrected chi connectivity index (χ4v) is 3.79. The first kappa shape index (κ1) is 23.2. The quantitative estimate of drug-likeness (QED) is 0.377. The van der Waals surface area contributed by atoms with Crippen molar-refractivity contribution >= 4 is 35.6 Å². The van der Waals surface area contributed by atoms with Crippen molar-refractivity contribution in [2.45, 2.75) is 39.2 Å². The van der Waals surface area contributed by atoms with Gasteiger partial charge in [-0.1, -0.05) is 12.1 Å². The van der Waals surface area contributed by atoms with Crippen LogP contribution in [0.4, 0.5) is 5.69 Å². The molecule has 6 nitrogen and oxygen atoms in total. The fourth-order valence-electron chi connectivity index (χ4n) is 3.79. The summed E-state index contributed by atoms with van der Waals surface area (Å²) in [6.07, 6.45) is 1.33. The normalized spacial score (nSPS) is 19.9. The summed E-state index contributed by atoms with van der Waals surface area (Å²) in [7, 11) is 0. The van der Waals surface area contributed by atoms with Gasteiger partial charge < -0.3 is 25.0 Å². The van der Waals surface area contributed by atoms with E-state index in [9.17, 15) is 5.11 Å². The van der Waals surface area contributed by atoms with Gasteiger partial charge in [0, 0.05) is 64.5 Å². The van der Waals surface area contributed by atoms with Gasteiger partial charge in [0.25, 0.3) is 0 Å². The molecule has 2 saturated heterocycles. The molecule has 7 heteroatoms. The summed E-state index contributed by atoms with van der Waals surface area (Å²) in [6.45, 7) is 12.8. The molecule has 158 valence electrons. The molecule has 2 N–H and O–H groups in total. The van der Waals surface area contributed by atoms with E-state index in [2.05, 4.69) is 54.1 Å². The van der Waals surface area contributed by atoms with Crippen molar-refractivity contribution in [1.29, 1.82) is 0 Å². The van der Waals surface area contributed by atoms with Gasteiger partial charge in [-0.25, -0.2) is 0 Å². The molecule has 0 radical (unpaired) electrons. The predicted octanol–water partition coefficient (Wildman–Crippen LogP) is 2.55. The Bertz CT molecular complexity index is 654. The maximum atomic E-state index is 10.7. The zero-order chi connectivity index (χ0) is 19.3. The van der Waals surface area contributed by atoms with Gasteiger partial charge >= 0.3 is 0 Å². The minimum atomic E-state index is -0.723. The first-order valence-corrected chi connectivity index (χ1v) is 10.2. The number of ether oxygens (including phenoxy) is 1. The predicted molar refractivity (Wildman–Crippen MR) is 126 cm³/mol. The van der Waals surface area contributed by atoms with Crippen molar-refractivity contribution in [3.05, 3.63) is 29.3 Å². The van der Waals surface area contributed by atoms with E-state index in [4.69, 9.17) is 9.73 Å². The number of aliphatic imine (C=N–C) groups is 1. The lowest BCUT2D eigenvalue weighted by Crippen LogP contribution is -2.53. The van der Waals surface area contributed by atoms with Crippen LogP contribution in [0.15, 0.2) is 23.2 Å². The zero-order valence-corrected chi connectivity index (χ0v) is 19.7. The Balaban J connectivity index is 0.00000280. The zero-order valence-electron chi connectivity index (χ0n) is 17.4. The van der Waals surface area contributed by atoms with Gasteiger partial charge in [0.05, 0.1) is 12.1 Å². The molecular formula is C21H35IN4O2. The standard InChI is InChI=1S/C21H34N4O2.HI/c1-4-22-20(23-16-21(26)8-14-27-15-9-21)25-12-10-24(11-13-25)19-7-5-6-17(2)18(19)3;/h5-7,26H,4,8-16H2,1-3H3,(H,22,23);1H. The topological polar surface area (TPSA) is 60.3 Å². The monoisotopic (exact) mass is 502 g/mol. The van der Waals surface area contributed by atoms with Crippen molar-refractivity contribution in [1.82, 2.24) is 10.2 Å². The number of nitrogens with zero attached hydrogens (tertiary/aromatic N) is 3. The molecule has 0 aliphatic carbocycles. The first-order valence-electron chi connectivity index (χ1n) is 10.2. The van der Waals surface area contributed by atoms with E-state index in [0.717, 1.165) is 38.7 Å². The average Bonchev–Trinajstić information content (AvgIpc) is 2.68. The van der Waals surface area contributed by atoms with Crippen LogP contribution < -0.4 is 10.2 Å². The van der Waals surface area contributed by atoms with Crippen molar-refractivity contribution in [2.24, 2.45) is 4.99 Å². The number of hydrogen-bond donors (Lipinski definition) is 2. The van der Waals surface area contributed by atoms with E-state index >= 15 is 0 Å². The maximum Gasteiger partial charge on any atom is 0.194 e. The summed E-state index contributed by atoms with van der Waals surface area (Å²) in [5, 5.41) is 14.1. The highest BCUT2D eigenvalue weighted by molar-refractivity contribution is 14.0. The van der Waals surface area contributed by atoms with Crippen LogP contribution in [0.5, 0.6) is 0 Å². The lowest BCUT2D eigenvalue weighted by atomic mass is 9.95. The number of aryl methyl sites for hydroxylation is 1. The summed E-state index contributed by atoms with van der Waals surface area (Å²) in [5.41, 5.74) is 3.33. The third kappa shape index (κ3) is 5.73. The van der Waals surface area contributed by atoms with E-state index in [-0.39, 0.29) is 24.0 Å². The summed E-state index contributed by atoms with van der Waals surface area (Å²) in [4.78, 5) is 9.55. The van der Waals surface area contributed by atoms with Crippen LogP contribution in [-0.2, 0) is 4.74 Å². The number of guanidine groups is 1. The lowest BCUT2D eigenvalue weighted by molar-refractivity contribution is -0.0566. The van der Waals surface area contributed by atoms with Gasteiger partial charge in [-0.2, -0.15) is 0 Å². The Labute approximate surface area is 186 Å². The molecule has 2 fully saturated rings. The molecule has 0 spiro atoms. The number of hydrogen-bond acceptors (Lipinski definition) is 4. The van der Waals surface area contributed by atoms with Crippen LogP contribution >= 0.6 is 24.0 Å². The summed E-state index contributed by atoms with van der Waals surface area (Å²) < 4.78 is 5.37. The molecule has 0 amide bonds. The minimum Gasteiger partial charge on any atom is -0.388 e. The van der Waals surface area contributed by atoms with Crippen molar-refractivity contribution < 1.29 is 9.84 Å². The minimum absolute atomic E-state index is 0. The van der Waals surface area contributed by atoms with Crippen LogP contribution in [0.3, 0.4) is 0 Å². The van der Waals surface area contributed by atoms with E-state index < -0.39 is 5.60 Å². The third-order valence-electron chi connectivity index (χ3n) is 5.78. The van der Waals surface area contributed by atoms with Gasteiger partial charge in [-0.15, -0.1) is 24.0 Å². The van der Waals surface area contributed by atoms with Crippen LogP contribution in [0, 0.1) is 13.8 Å².